The lowest BCUT2D eigenvalue weighted by Gasteiger charge is -2.43. The van der Waals surface area contributed by atoms with E-state index >= 15 is 0 Å². The largest absolute Gasteiger partial charge is 0.463 e. The summed E-state index contributed by atoms with van der Waals surface area (Å²) in [5.74, 6) is -0.148. The number of unbranched alkanes of at least 4 members (excludes halogenated alkanes) is 4. The molecule has 13 nitrogen and oxygen atoms in total. The summed E-state index contributed by atoms with van der Waals surface area (Å²) in [6, 6.07) is 21.3. The van der Waals surface area contributed by atoms with Gasteiger partial charge in [-0.1, -0.05) is 114 Å². The predicted molar refractivity (Wildman–Crippen MR) is 236 cm³/mol. The molecule has 2 aromatic rings. The highest BCUT2D eigenvalue weighted by Gasteiger charge is 2.50. The lowest BCUT2D eigenvalue weighted by atomic mass is 10.1. The van der Waals surface area contributed by atoms with E-state index in [1.807, 2.05) is 0 Å². The average Bonchev–Trinajstić information content (AvgIpc) is 3.25. The van der Waals surface area contributed by atoms with E-state index in [1.165, 1.54) is 29.6 Å². The third kappa shape index (κ3) is 26.2. The maximum atomic E-state index is 11.7. The monoisotopic (exact) mass is 867 g/mol. The number of esters is 1. The Balaban J connectivity index is 1.26. The minimum absolute atomic E-state index is 0.0606. The van der Waals surface area contributed by atoms with E-state index in [-0.39, 0.29) is 17.6 Å². The second kappa shape index (κ2) is 37.3. The van der Waals surface area contributed by atoms with Gasteiger partial charge in [0.1, 0.15) is 6.61 Å². The second-order valence-electron chi connectivity index (χ2n) is 15.0. The molecule has 0 radical (unpaired) electrons. The molecule has 60 heavy (non-hydrogen) atoms. The number of rotatable bonds is 42. The van der Waals surface area contributed by atoms with Gasteiger partial charge in [-0.3, -0.25) is 4.79 Å². The smallest absolute Gasteiger partial charge is 0.305 e. The molecule has 14 heteroatoms. The lowest BCUT2D eigenvalue weighted by molar-refractivity contribution is -0.145. The van der Waals surface area contributed by atoms with Gasteiger partial charge in [-0.25, -0.2) is 0 Å². The number of benzene rings is 2. The summed E-state index contributed by atoms with van der Waals surface area (Å²) < 4.78 is 67.7. The van der Waals surface area contributed by atoms with Crippen molar-refractivity contribution in [2.24, 2.45) is 0 Å². The molecular formula is C46H78O13Si. The molecule has 0 atom stereocenters. The molecule has 344 valence electrons. The van der Waals surface area contributed by atoms with Crippen molar-refractivity contribution in [3.63, 3.8) is 0 Å². The van der Waals surface area contributed by atoms with Gasteiger partial charge in [0.05, 0.1) is 139 Å². The first-order valence-corrected chi connectivity index (χ1v) is 24.0. The summed E-state index contributed by atoms with van der Waals surface area (Å²) in [6.07, 6.45) is 6.06. The van der Waals surface area contributed by atoms with Gasteiger partial charge >= 0.3 is 5.97 Å². The standard InChI is InChI=1S/C46H78O13Si/c1-5-6-7-8-15-20-45(47)58-41-39-56-37-35-54-33-31-52-29-27-50-25-23-48-21-22-49-24-26-51-28-30-53-32-34-55-36-38-57-40-42-59-60(46(2,3)4,43-16-11-9-12-17-43)44-18-13-10-14-19-44/h9-14,16-19H,5-8,15,20-42H2,1-4H3. The Morgan fingerprint density at radius 2 is 0.717 bits per heavy atom. The third-order valence-electron chi connectivity index (χ3n) is 9.29. The number of carbonyl (C=O) groups is 1. The van der Waals surface area contributed by atoms with Crippen LogP contribution in [0.4, 0.5) is 0 Å². The maximum Gasteiger partial charge on any atom is 0.305 e. The van der Waals surface area contributed by atoms with E-state index in [4.69, 9.17) is 56.5 Å². The molecule has 0 aliphatic heterocycles. The third-order valence-corrected chi connectivity index (χ3v) is 14.3. The molecule has 0 aliphatic rings. The second-order valence-corrected chi connectivity index (χ2v) is 19.3. The zero-order valence-corrected chi connectivity index (χ0v) is 38.4. The Morgan fingerprint density at radius 3 is 1.03 bits per heavy atom. The number of hydrogen-bond acceptors (Lipinski definition) is 13. The van der Waals surface area contributed by atoms with Crippen LogP contribution in [0.2, 0.25) is 5.04 Å². The Hall–Kier alpha value is -2.31. The zero-order chi connectivity index (χ0) is 43.1. The van der Waals surface area contributed by atoms with Crippen LogP contribution >= 0.6 is 0 Å². The zero-order valence-electron chi connectivity index (χ0n) is 37.4. The topological polar surface area (TPSA) is 128 Å². The molecular weight excluding hydrogens is 789 g/mol. The van der Waals surface area contributed by atoms with E-state index in [0.29, 0.717) is 145 Å². The summed E-state index contributed by atoms with van der Waals surface area (Å²) in [6.45, 7) is 19.5. The fraction of sp³-hybridized carbons (Fsp3) is 0.717. The minimum Gasteiger partial charge on any atom is -0.463 e. The summed E-state index contributed by atoms with van der Waals surface area (Å²) >= 11 is 0. The highest BCUT2D eigenvalue weighted by Crippen LogP contribution is 2.36. The van der Waals surface area contributed by atoms with Gasteiger partial charge in [-0.15, -0.1) is 0 Å². The van der Waals surface area contributed by atoms with Crippen LogP contribution in [-0.2, 0) is 61.3 Å². The van der Waals surface area contributed by atoms with Crippen molar-refractivity contribution >= 4 is 24.7 Å². The van der Waals surface area contributed by atoms with Crippen LogP contribution in [0.15, 0.2) is 60.7 Å². The van der Waals surface area contributed by atoms with Crippen LogP contribution in [0.25, 0.3) is 0 Å². The van der Waals surface area contributed by atoms with Gasteiger partial charge in [0.15, 0.2) is 0 Å². The van der Waals surface area contributed by atoms with Crippen LogP contribution in [0, 0.1) is 0 Å². The van der Waals surface area contributed by atoms with Gasteiger partial charge in [-0.05, 0) is 21.8 Å². The molecule has 2 aromatic carbocycles. The Morgan fingerprint density at radius 1 is 0.417 bits per heavy atom. The molecule has 0 unspecified atom stereocenters. The molecule has 0 aromatic heterocycles. The van der Waals surface area contributed by atoms with Crippen molar-refractivity contribution in [3.8, 4) is 0 Å². The lowest BCUT2D eigenvalue weighted by Crippen LogP contribution is -2.66. The highest BCUT2D eigenvalue weighted by atomic mass is 28.4. The van der Waals surface area contributed by atoms with Gasteiger partial charge in [0.2, 0.25) is 0 Å². The van der Waals surface area contributed by atoms with Crippen molar-refractivity contribution in [3.05, 3.63) is 60.7 Å². The van der Waals surface area contributed by atoms with E-state index < -0.39 is 8.32 Å². The highest BCUT2D eigenvalue weighted by molar-refractivity contribution is 6.99. The van der Waals surface area contributed by atoms with E-state index in [9.17, 15) is 4.79 Å². The van der Waals surface area contributed by atoms with Crippen molar-refractivity contribution in [1.29, 1.82) is 0 Å². The fourth-order valence-corrected chi connectivity index (χ4v) is 10.8. The van der Waals surface area contributed by atoms with Crippen LogP contribution in [0.5, 0.6) is 0 Å². The molecule has 0 saturated carbocycles. The number of ether oxygens (including phenoxy) is 11. The van der Waals surface area contributed by atoms with Gasteiger partial charge in [0, 0.05) is 6.42 Å². The van der Waals surface area contributed by atoms with Crippen molar-refractivity contribution in [2.45, 2.75) is 71.3 Å². The molecule has 0 saturated heterocycles. The van der Waals surface area contributed by atoms with Crippen LogP contribution in [0.1, 0.15) is 66.2 Å². The molecule has 2 rings (SSSR count). The molecule has 0 bridgehead atoms. The summed E-state index contributed by atoms with van der Waals surface area (Å²) in [5, 5.41) is 2.47. The number of carbonyl (C=O) groups excluding carboxylic acids is 1. The molecule has 0 spiro atoms. The first kappa shape index (κ1) is 53.8. The van der Waals surface area contributed by atoms with Gasteiger partial charge in [-0.2, -0.15) is 0 Å². The molecule has 0 fully saturated rings. The van der Waals surface area contributed by atoms with Crippen LogP contribution < -0.4 is 10.4 Å². The Kier molecular flexibility index (Phi) is 33.4. The average molecular weight is 867 g/mol. The van der Waals surface area contributed by atoms with Crippen molar-refractivity contribution < 1.29 is 61.3 Å². The number of hydrogen-bond donors (Lipinski definition) is 0. The maximum absolute atomic E-state index is 11.7. The molecule has 0 heterocycles. The van der Waals surface area contributed by atoms with Crippen LogP contribution in [0.3, 0.4) is 0 Å². The Labute approximate surface area is 362 Å². The first-order chi connectivity index (χ1) is 29.4. The normalized spacial score (nSPS) is 12.0. The quantitative estimate of drug-likeness (QED) is 0.0465. The summed E-state index contributed by atoms with van der Waals surface area (Å²) in [5.41, 5.74) is 0. The van der Waals surface area contributed by atoms with Gasteiger partial charge < -0.3 is 56.5 Å². The van der Waals surface area contributed by atoms with E-state index in [0.717, 1.165) is 12.8 Å². The fourth-order valence-electron chi connectivity index (χ4n) is 6.26. The summed E-state index contributed by atoms with van der Waals surface area (Å²) in [7, 11) is -2.55. The van der Waals surface area contributed by atoms with Gasteiger partial charge in [0.25, 0.3) is 8.32 Å². The SMILES string of the molecule is CCCCCCCC(=O)OCCOCCOCCOCCOCCOCCOCCOCCOCCOCCOCCO[Si](c1ccccc1)(c1ccccc1)C(C)(C)C. The van der Waals surface area contributed by atoms with Crippen molar-refractivity contribution in [2.75, 3.05) is 145 Å². The summed E-state index contributed by atoms with van der Waals surface area (Å²) in [4.78, 5) is 11.7. The molecule has 0 aliphatic carbocycles. The van der Waals surface area contributed by atoms with Crippen molar-refractivity contribution in [1.82, 2.24) is 0 Å². The van der Waals surface area contributed by atoms with Crippen LogP contribution in [-0.4, -0.2) is 160 Å². The Bertz CT molecular complexity index is 1200. The minimum atomic E-state index is -2.55. The predicted octanol–water partition coefficient (Wildman–Crippen LogP) is 5.63. The van der Waals surface area contributed by atoms with E-state index in [1.54, 1.807) is 0 Å². The first-order valence-electron chi connectivity index (χ1n) is 22.1. The molecule has 0 N–H and O–H groups in total. The van der Waals surface area contributed by atoms with E-state index in [2.05, 4.69) is 88.4 Å². The molecule has 0 amide bonds.